The van der Waals surface area contributed by atoms with E-state index in [1.54, 1.807) is 30.4 Å². The van der Waals surface area contributed by atoms with E-state index in [-0.39, 0.29) is 11.7 Å². The maximum absolute atomic E-state index is 12.2. The minimum atomic E-state index is -0.179. The van der Waals surface area contributed by atoms with Crippen molar-refractivity contribution in [3.05, 3.63) is 41.3 Å². The van der Waals surface area contributed by atoms with Crippen LogP contribution in [0.3, 0.4) is 0 Å². The van der Waals surface area contributed by atoms with Gasteiger partial charge in [-0.25, -0.2) is 0 Å². The number of rotatable bonds is 4. The number of nitrogens with zero attached hydrogens (tertiary/aromatic N) is 1. The van der Waals surface area contributed by atoms with Gasteiger partial charge in [0.2, 0.25) is 0 Å². The monoisotopic (exact) mass is 307 g/mol. The Hall–Kier alpha value is -1.79. The third kappa shape index (κ3) is 2.71. The van der Waals surface area contributed by atoms with E-state index in [4.69, 9.17) is 17.0 Å². The zero-order valence-electron chi connectivity index (χ0n) is 10.8. The molecule has 0 unspecified atom stereocenters. The van der Waals surface area contributed by atoms with Crippen LogP contribution in [0.25, 0.3) is 6.08 Å². The van der Waals surface area contributed by atoms with Gasteiger partial charge in [0.25, 0.3) is 5.91 Å². The molecule has 4 nitrogen and oxygen atoms in total. The predicted octanol–water partition coefficient (Wildman–Crippen LogP) is 2.79. The van der Waals surface area contributed by atoms with Crippen LogP contribution in [-0.4, -0.2) is 33.9 Å². The minimum Gasteiger partial charge on any atom is -0.504 e. The first kappa shape index (κ1) is 14.6. The standard InChI is InChI=1S/C14H13NO3S2/c1-3-7-15-13(17)11(20-14(15)19)8-9-5-4-6-10(18-2)12(9)16/h3-6,8,16H,1,7H2,2H3. The molecule has 0 aromatic heterocycles. The molecule has 1 saturated heterocycles. The van der Waals surface area contributed by atoms with Crippen molar-refractivity contribution in [2.75, 3.05) is 13.7 Å². The smallest absolute Gasteiger partial charge is 0.266 e. The summed E-state index contributed by atoms with van der Waals surface area (Å²) < 4.78 is 5.53. The second-order valence-corrected chi connectivity index (χ2v) is 5.65. The Labute approximate surface area is 126 Å². The zero-order chi connectivity index (χ0) is 14.7. The highest BCUT2D eigenvalue weighted by Gasteiger charge is 2.31. The van der Waals surface area contributed by atoms with Crippen molar-refractivity contribution in [1.82, 2.24) is 4.90 Å². The van der Waals surface area contributed by atoms with E-state index in [0.717, 1.165) is 0 Å². The van der Waals surface area contributed by atoms with E-state index in [0.29, 0.717) is 27.1 Å². The number of hydrogen-bond donors (Lipinski definition) is 1. The van der Waals surface area contributed by atoms with Crippen LogP contribution >= 0.6 is 24.0 Å². The summed E-state index contributed by atoms with van der Waals surface area (Å²) in [6.45, 7) is 3.98. The van der Waals surface area contributed by atoms with E-state index in [1.165, 1.54) is 23.8 Å². The summed E-state index contributed by atoms with van der Waals surface area (Å²) >= 11 is 6.36. The highest BCUT2D eigenvalue weighted by atomic mass is 32.2. The number of benzene rings is 1. The number of methoxy groups -OCH3 is 1. The molecule has 0 radical (unpaired) electrons. The average molecular weight is 307 g/mol. The van der Waals surface area contributed by atoms with Crippen molar-refractivity contribution in [2.24, 2.45) is 0 Å². The lowest BCUT2D eigenvalue weighted by atomic mass is 10.1. The Morgan fingerprint density at radius 2 is 2.30 bits per heavy atom. The summed E-state index contributed by atoms with van der Waals surface area (Å²) in [5.74, 6) is 0.187. The molecule has 1 N–H and O–H groups in total. The summed E-state index contributed by atoms with van der Waals surface area (Å²) in [6.07, 6.45) is 3.23. The second kappa shape index (κ2) is 6.11. The molecular formula is C14H13NO3S2. The van der Waals surface area contributed by atoms with Gasteiger partial charge in [0.05, 0.1) is 12.0 Å². The number of thiocarbonyl (C=S) groups is 1. The number of aromatic hydroxyl groups is 1. The topological polar surface area (TPSA) is 49.8 Å². The third-order valence-corrected chi connectivity index (χ3v) is 4.10. The van der Waals surface area contributed by atoms with Crippen molar-refractivity contribution in [2.45, 2.75) is 0 Å². The van der Waals surface area contributed by atoms with Crippen LogP contribution < -0.4 is 4.74 Å². The van der Waals surface area contributed by atoms with E-state index in [9.17, 15) is 9.90 Å². The predicted molar refractivity (Wildman–Crippen MR) is 84.7 cm³/mol. The van der Waals surface area contributed by atoms with E-state index in [1.807, 2.05) is 0 Å². The molecule has 104 valence electrons. The second-order valence-electron chi connectivity index (χ2n) is 3.98. The molecule has 1 aromatic rings. The molecule has 0 bridgehead atoms. The highest BCUT2D eigenvalue weighted by Crippen LogP contribution is 2.36. The molecule has 0 saturated carbocycles. The number of thioether (sulfide) groups is 1. The molecule has 0 aliphatic carbocycles. The molecule has 0 atom stereocenters. The van der Waals surface area contributed by atoms with Gasteiger partial charge < -0.3 is 9.84 Å². The van der Waals surface area contributed by atoms with Gasteiger partial charge >= 0.3 is 0 Å². The first-order valence-corrected chi connectivity index (χ1v) is 7.03. The quantitative estimate of drug-likeness (QED) is 0.526. The number of amides is 1. The van der Waals surface area contributed by atoms with Crippen molar-refractivity contribution in [3.63, 3.8) is 0 Å². The van der Waals surface area contributed by atoms with Crippen LogP contribution in [0, 0.1) is 0 Å². The SMILES string of the molecule is C=CCN1C(=O)C(=Cc2cccc(OC)c2O)SC1=S. The number of ether oxygens (including phenoxy) is 1. The van der Waals surface area contributed by atoms with Crippen molar-refractivity contribution in [1.29, 1.82) is 0 Å². The number of carbonyl (C=O) groups is 1. The molecule has 2 rings (SSSR count). The Balaban J connectivity index is 2.35. The number of para-hydroxylation sites is 1. The maximum Gasteiger partial charge on any atom is 0.266 e. The first-order valence-electron chi connectivity index (χ1n) is 5.80. The maximum atomic E-state index is 12.2. The molecule has 1 fully saturated rings. The highest BCUT2D eigenvalue weighted by molar-refractivity contribution is 8.26. The fourth-order valence-electron chi connectivity index (χ4n) is 1.75. The van der Waals surface area contributed by atoms with Gasteiger partial charge in [-0.3, -0.25) is 9.69 Å². The van der Waals surface area contributed by atoms with Crippen LogP contribution in [0.2, 0.25) is 0 Å². The van der Waals surface area contributed by atoms with Crippen LogP contribution in [0.1, 0.15) is 5.56 Å². The van der Waals surface area contributed by atoms with Gasteiger partial charge in [-0.2, -0.15) is 0 Å². The molecule has 1 aromatic carbocycles. The average Bonchev–Trinajstić information content (AvgIpc) is 2.69. The van der Waals surface area contributed by atoms with Crippen molar-refractivity contribution in [3.8, 4) is 11.5 Å². The lowest BCUT2D eigenvalue weighted by Crippen LogP contribution is -2.27. The van der Waals surface area contributed by atoms with Crippen LogP contribution in [0.15, 0.2) is 35.8 Å². The Morgan fingerprint density at radius 3 is 2.95 bits per heavy atom. The Morgan fingerprint density at radius 1 is 1.55 bits per heavy atom. The Bertz CT molecular complexity index is 610. The third-order valence-electron chi connectivity index (χ3n) is 2.72. The number of hydrogen-bond acceptors (Lipinski definition) is 5. The largest absolute Gasteiger partial charge is 0.504 e. The van der Waals surface area contributed by atoms with Crippen molar-refractivity contribution < 1.29 is 14.6 Å². The Kier molecular flexibility index (Phi) is 4.46. The molecular weight excluding hydrogens is 294 g/mol. The number of phenolic OH excluding ortho intramolecular Hbond substituents is 1. The lowest BCUT2D eigenvalue weighted by molar-refractivity contribution is -0.121. The molecule has 1 heterocycles. The molecule has 1 aliphatic rings. The summed E-state index contributed by atoms with van der Waals surface area (Å²) in [5, 5.41) is 10.0. The molecule has 1 aliphatic heterocycles. The van der Waals surface area contributed by atoms with Crippen LogP contribution in [0.4, 0.5) is 0 Å². The molecule has 1 amide bonds. The van der Waals surface area contributed by atoms with Crippen molar-refractivity contribution >= 4 is 40.3 Å². The lowest BCUT2D eigenvalue weighted by Gasteiger charge is -2.10. The summed E-state index contributed by atoms with van der Waals surface area (Å²) in [4.78, 5) is 14.1. The van der Waals surface area contributed by atoms with Gasteiger partial charge in [-0.1, -0.05) is 42.2 Å². The van der Waals surface area contributed by atoms with Gasteiger partial charge in [0.15, 0.2) is 11.5 Å². The summed E-state index contributed by atoms with van der Waals surface area (Å²) in [7, 11) is 1.47. The van der Waals surface area contributed by atoms with E-state index in [2.05, 4.69) is 6.58 Å². The van der Waals surface area contributed by atoms with Crippen LogP contribution in [-0.2, 0) is 4.79 Å². The first-order chi connectivity index (χ1) is 9.58. The van der Waals surface area contributed by atoms with Gasteiger partial charge in [-0.15, -0.1) is 6.58 Å². The fourth-order valence-corrected chi connectivity index (χ4v) is 3.01. The molecule has 20 heavy (non-hydrogen) atoms. The number of carbonyl (C=O) groups excluding carboxylic acids is 1. The van der Waals surface area contributed by atoms with Gasteiger partial charge in [0, 0.05) is 12.1 Å². The summed E-state index contributed by atoms with van der Waals surface area (Å²) in [5.41, 5.74) is 0.517. The normalized spacial score (nSPS) is 16.9. The van der Waals surface area contributed by atoms with E-state index < -0.39 is 0 Å². The fraction of sp³-hybridized carbons (Fsp3) is 0.143. The van der Waals surface area contributed by atoms with E-state index >= 15 is 0 Å². The molecule has 6 heteroatoms. The molecule has 0 spiro atoms. The minimum absolute atomic E-state index is 0.00369. The summed E-state index contributed by atoms with van der Waals surface area (Å²) in [6, 6.07) is 5.10. The number of phenols is 1. The zero-order valence-corrected chi connectivity index (χ0v) is 12.5. The van der Waals surface area contributed by atoms with Crippen LogP contribution in [0.5, 0.6) is 11.5 Å². The van der Waals surface area contributed by atoms with Gasteiger partial charge in [0.1, 0.15) is 4.32 Å². The van der Waals surface area contributed by atoms with Gasteiger partial charge in [-0.05, 0) is 12.1 Å².